The van der Waals surface area contributed by atoms with Crippen LogP contribution in [0.15, 0.2) is 30.3 Å². The number of carbonyl (C=O) groups is 1. The zero-order chi connectivity index (χ0) is 17.8. The Kier molecular flexibility index (Phi) is 5.02. The molecule has 25 heavy (non-hydrogen) atoms. The van der Waals surface area contributed by atoms with Gasteiger partial charge in [0.2, 0.25) is 5.91 Å². The molecule has 7 nitrogen and oxygen atoms in total. The smallest absolute Gasteiger partial charge is 0.222 e. The van der Waals surface area contributed by atoms with E-state index in [-0.39, 0.29) is 11.7 Å². The topological polar surface area (TPSA) is 95.6 Å². The molecule has 3 N–H and O–H groups in total. The number of benzene rings is 1. The molecule has 2 aromatic rings. The first-order valence-electron chi connectivity index (χ1n) is 8.54. The number of amides is 1. The molecule has 0 spiro atoms. The largest absolute Gasteiger partial charge is 0.507 e. The van der Waals surface area contributed by atoms with E-state index in [4.69, 9.17) is 5.73 Å². The molecule has 132 valence electrons. The van der Waals surface area contributed by atoms with Crippen LogP contribution in [0.5, 0.6) is 5.75 Å². The van der Waals surface area contributed by atoms with Crippen molar-refractivity contribution >= 4 is 17.4 Å². The monoisotopic (exact) mass is 341 g/mol. The lowest BCUT2D eigenvalue weighted by molar-refractivity contribution is -0.131. The van der Waals surface area contributed by atoms with Gasteiger partial charge in [0.1, 0.15) is 5.75 Å². The summed E-state index contributed by atoms with van der Waals surface area (Å²) in [6, 6.07) is 8.86. The molecule has 0 atom stereocenters. The molecule has 1 aliphatic heterocycles. The molecule has 1 saturated heterocycles. The number of aromatic nitrogens is 2. The van der Waals surface area contributed by atoms with E-state index in [1.165, 1.54) is 0 Å². The predicted molar refractivity (Wildman–Crippen MR) is 97.2 cm³/mol. The molecular weight excluding hydrogens is 318 g/mol. The van der Waals surface area contributed by atoms with Gasteiger partial charge in [0, 0.05) is 38.2 Å². The van der Waals surface area contributed by atoms with Crippen molar-refractivity contribution in [2.24, 2.45) is 0 Å². The van der Waals surface area contributed by atoms with Crippen molar-refractivity contribution in [3.8, 4) is 17.0 Å². The van der Waals surface area contributed by atoms with Gasteiger partial charge in [0.05, 0.1) is 11.4 Å². The number of piperazine rings is 1. The number of phenols is 1. The lowest BCUT2D eigenvalue weighted by atomic mass is 10.1. The summed E-state index contributed by atoms with van der Waals surface area (Å²) in [7, 11) is 0. The molecule has 1 aliphatic rings. The van der Waals surface area contributed by atoms with Crippen LogP contribution < -0.4 is 10.6 Å². The maximum absolute atomic E-state index is 12.0. The van der Waals surface area contributed by atoms with Gasteiger partial charge in [-0.1, -0.05) is 19.1 Å². The summed E-state index contributed by atoms with van der Waals surface area (Å²) in [5.74, 6) is 0.716. The Balaban J connectivity index is 1.78. The van der Waals surface area contributed by atoms with Crippen LogP contribution in [0.25, 0.3) is 11.3 Å². The fraction of sp³-hybridized carbons (Fsp3) is 0.389. The van der Waals surface area contributed by atoms with Crippen LogP contribution in [0.2, 0.25) is 0 Å². The Morgan fingerprint density at radius 3 is 2.60 bits per heavy atom. The Hall–Kier alpha value is -2.83. The molecule has 2 heterocycles. The lowest BCUT2D eigenvalue weighted by Crippen LogP contribution is -2.49. The average Bonchev–Trinajstić information content (AvgIpc) is 2.63. The van der Waals surface area contributed by atoms with Gasteiger partial charge in [-0.2, -0.15) is 0 Å². The van der Waals surface area contributed by atoms with Gasteiger partial charge in [0.25, 0.3) is 0 Å². The standard InChI is InChI=1S/C18H23N5O2/c1-2-5-17(25)23-10-8-22(9-11-23)15-12-14(20-21-18(15)19)13-6-3-4-7-16(13)24/h3-4,6-7,12,24H,2,5,8-11H2,1H3,(H2,19,21). The number of rotatable bonds is 4. The first kappa shape index (κ1) is 17.0. The zero-order valence-electron chi connectivity index (χ0n) is 14.4. The van der Waals surface area contributed by atoms with E-state index in [1.807, 2.05) is 24.0 Å². The molecule has 1 aromatic carbocycles. The summed E-state index contributed by atoms with van der Waals surface area (Å²) >= 11 is 0. The van der Waals surface area contributed by atoms with Crippen LogP contribution in [-0.2, 0) is 4.79 Å². The number of hydrogen-bond donors (Lipinski definition) is 2. The van der Waals surface area contributed by atoms with E-state index >= 15 is 0 Å². The predicted octanol–water partition coefficient (Wildman–Crippen LogP) is 1.88. The molecule has 1 amide bonds. The molecule has 0 bridgehead atoms. The van der Waals surface area contributed by atoms with Crippen LogP contribution in [0, 0.1) is 0 Å². The Morgan fingerprint density at radius 1 is 1.20 bits per heavy atom. The molecule has 3 rings (SSSR count). The first-order valence-corrected chi connectivity index (χ1v) is 8.54. The molecular formula is C18H23N5O2. The fourth-order valence-electron chi connectivity index (χ4n) is 3.04. The van der Waals surface area contributed by atoms with Crippen molar-refractivity contribution < 1.29 is 9.90 Å². The lowest BCUT2D eigenvalue weighted by Gasteiger charge is -2.36. The molecule has 0 saturated carbocycles. The van der Waals surface area contributed by atoms with Crippen molar-refractivity contribution in [2.75, 3.05) is 36.8 Å². The van der Waals surface area contributed by atoms with Gasteiger partial charge in [-0.25, -0.2) is 0 Å². The van der Waals surface area contributed by atoms with Gasteiger partial charge in [-0.15, -0.1) is 10.2 Å². The van der Waals surface area contributed by atoms with Crippen LogP contribution in [0.4, 0.5) is 11.5 Å². The number of carbonyl (C=O) groups excluding carboxylic acids is 1. The van der Waals surface area contributed by atoms with E-state index in [2.05, 4.69) is 15.1 Å². The number of nitrogens with zero attached hydrogens (tertiary/aromatic N) is 4. The Bertz CT molecular complexity index is 757. The number of hydrogen-bond acceptors (Lipinski definition) is 6. The minimum absolute atomic E-state index is 0.155. The number of nitrogen functional groups attached to an aromatic ring is 1. The maximum Gasteiger partial charge on any atom is 0.222 e. The van der Waals surface area contributed by atoms with Gasteiger partial charge < -0.3 is 20.6 Å². The molecule has 0 radical (unpaired) electrons. The highest BCUT2D eigenvalue weighted by Gasteiger charge is 2.23. The van der Waals surface area contributed by atoms with Gasteiger partial charge in [-0.05, 0) is 24.6 Å². The first-order chi connectivity index (χ1) is 12.1. The number of anilines is 2. The summed E-state index contributed by atoms with van der Waals surface area (Å²) in [5.41, 5.74) is 8.00. The second-order valence-electron chi connectivity index (χ2n) is 6.14. The SMILES string of the molecule is CCCC(=O)N1CCN(c2cc(-c3ccccc3O)nnc2N)CC1. The third-order valence-corrected chi connectivity index (χ3v) is 4.42. The summed E-state index contributed by atoms with van der Waals surface area (Å²) in [6.07, 6.45) is 1.46. The third-order valence-electron chi connectivity index (χ3n) is 4.42. The van der Waals surface area contributed by atoms with Gasteiger partial charge in [-0.3, -0.25) is 4.79 Å². The van der Waals surface area contributed by atoms with Crippen LogP contribution in [0.3, 0.4) is 0 Å². The zero-order valence-corrected chi connectivity index (χ0v) is 14.4. The summed E-state index contributed by atoms with van der Waals surface area (Å²) in [4.78, 5) is 16.0. The van der Waals surface area contributed by atoms with Crippen LogP contribution in [-0.4, -0.2) is 52.3 Å². The van der Waals surface area contributed by atoms with E-state index in [0.717, 1.165) is 12.1 Å². The quantitative estimate of drug-likeness (QED) is 0.881. The average molecular weight is 341 g/mol. The van der Waals surface area contributed by atoms with Crippen molar-refractivity contribution in [3.05, 3.63) is 30.3 Å². The summed E-state index contributed by atoms with van der Waals surface area (Å²) in [6.45, 7) is 4.76. The summed E-state index contributed by atoms with van der Waals surface area (Å²) < 4.78 is 0. The Labute approximate surface area is 147 Å². The highest BCUT2D eigenvalue weighted by atomic mass is 16.3. The van der Waals surface area contributed by atoms with E-state index in [9.17, 15) is 9.90 Å². The molecule has 0 aliphatic carbocycles. The second-order valence-corrected chi connectivity index (χ2v) is 6.14. The van der Waals surface area contributed by atoms with E-state index < -0.39 is 0 Å². The highest BCUT2D eigenvalue weighted by molar-refractivity contribution is 5.77. The molecule has 0 unspecified atom stereocenters. The number of phenolic OH excluding ortho intramolecular Hbond substituents is 1. The molecule has 7 heteroatoms. The highest BCUT2D eigenvalue weighted by Crippen LogP contribution is 2.31. The van der Waals surface area contributed by atoms with E-state index in [0.29, 0.717) is 49.7 Å². The minimum Gasteiger partial charge on any atom is -0.507 e. The number of aromatic hydroxyl groups is 1. The number of para-hydroxylation sites is 1. The fourth-order valence-corrected chi connectivity index (χ4v) is 3.04. The van der Waals surface area contributed by atoms with Crippen LogP contribution in [0.1, 0.15) is 19.8 Å². The van der Waals surface area contributed by atoms with Crippen LogP contribution >= 0.6 is 0 Å². The minimum atomic E-state index is 0.155. The normalized spacial score (nSPS) is 14.6. The second kappa shape index (κ2) is 7.38. The maximum atomic E-state index is 12.0. The van der Waals surface area contributed by atoms with E-state index in [1.54, 1.807) is 18.2 Å². The Morgan fingerprint density at radius 2 is 1.92 bits per heavy atom. The summed E-state index contributed by atoms with van der Waals surface area (Å²) in [5, 5.41) is 18.2. The van der Waals surface area contributed by atoms with Gasteiger partial charge >= 0.3 is 0 Å². The van der Waals surface area contributed by atoms with Gasteiger partial charge in [0.15, 0.2) is 5.82 Å². The third kappa shape index (κ3) is 3.65. The van der Waals surface area contributed by atoms with Crippen molar-refractivity contribution in [1.29, 1.82) is 0 Å². The number of nitrogens with two attached hydrogens (primary N) is 1. The van der Waals surface area contributed by atoms with Crippen molar-refractivity contribution in [2.45, 2.75) is 19.8 Å². The van der Waals surface area contributed by atoms with Crippen molar-refractivity contribution in [3.63, 3.8) is 0 Å². The molecule has 1 fully saturated rings. The molecule has 1 aromatic heterocycles. The van der Waals surface area contributed by atoms with Crippen molar-refractivity contribution in [1.82, 2.24) is 15.1 Å².